The molecule has 4 aliphatic rings. The van der Waals surface area contributed by atoms with E-state index < -0.39 is 79.2 Å². The molecule has 11 heteroatoms. The van der Waals surface area contributed by atoms with Gasteiger partial charge in [0.1, 0.15) is 42.7 Å². The van der Waals surface area contributed by atoms with Crippen LogP contribution in [0.5, 0.6) is 0 Å². The van der Waals surface area contributed by atoms with Gasteiger partial charge in [-0.1, -0.05) is 30.3 Å². The van der Waals surface area contributed by atoms with Gasteiger partial charge in [0, 0.05) is 12.0 Å². The highest BCUT2D eigenvalue weighted by molar-refractivity contribution is 5.87. The maximum Gasteiger partial charge on any atom is 0.330 e. The van der Waals surface area contributed by atoms with E-state index in [9.17, 15) is 30.3 Å². The number of ether oxygens (including phenoxy) is 5. The molecule has 1 saturated carbocycles. The van der Waals surface area contributed by atoms with E-state index >= 15 is 0 Å². The van der Waals surface area contributed by atoms with E-state index in [0.29, 0.717) is 0 Å². The lowest BCUT2D eigenvalue weighted by molar-refractivity contribution is -0.344. The Balaban J connectivity index is 1.28. The number of hydrogen-bond acceptors (Lipinski definition) is 11. The summed E-state index contributed by atoms with van der Waals surface area (Å²) < 4.78 is 28.1. The van der Waals surface area contributed by atoms with Crippen molar-refractivity contribution in [2.45, 2.75) is 54.8 Å². The number of aliphatic hydroxyl groups excluding tert-OH is 5. The highest BCUT2D eigenvalue weighted by Crippen LogP contribution is 2.60. The molecule has 0 bridgehead atoms. The van der Waals surface area contributed by atoms with Crippen molar-refractivity contribution in [1.29, 1.82) is 0 Å². The molecule has 2 saturated heterocycles. The van der Waals surface area contributed by atoms with Crippen LogP contribution < -0.4 is 0 Å². The van der Waals surface area contributed by atoms with Crippen LogP contribution in [0.1, 0.15) is 5.56 Å². The average molecular weight is 492 g/mol. The molecule has 1 aromatic carbocycles. The second kappa shape index (κ2) is 9.60. The molecule has 0 spiro atoms. The minimum Gasteiger partial charge on any atom is -0.472 e. The van der Waals surface area contributed by atoms with Crippen LogP contribution in [-0.4, -0.2) is 99.5 Å². The van der Waals surface area contributed by atoms with Crippen LogP contribution in [-0.2, 0) is 28.5 Å². The van der Waals surface area contributed by atoms with Crippen LogP contribution in [0.15, 0.2) is 48.7 Å². The SMILES string of the molecule is O=C(/C=C\c1ccccc1)OC[C@]12O[C@H]1[C@@H](O)[C@H]1C=CO[C@@H](O[C@@H]3O[C@H](CO)[C@H](O)[C@@H](O)[C@@H]3O)[C@@H]12. The number of fused-ring (bicyclic) bond motifs is 3. The monoisotopic (exact) mass is 492 g/mol. The second-order valence-corrected chi connectivity index (χ2v) is 9.11. The Morgan fingerprint density at radius 2 is 1.80 bits per heavy atom. The molecule has 5 rings (SSSR count). The van der Waals surface area contributed by atoms with Gasteiger partial charge in [-0.3, -0.25) is 0 Å². The first-order valence-corrected chi connectivity index (χ1v) is 11.4. The zero-order chi connectivity index (χ0) is 24.7. The maximum atomic E-state index is 12.3. The lowest BCUT2D eigenvalue weighted by Crippen LogP contribution is -2.60. The van der Waals surface area contributed by atoms with Crippen molar-refractivity contribution >= 4 is 12.0 Å². The predicted octanol–water partition coefficient (Wildman–Crippen LogP) is -1.33. The van der Waals surface area contributed by atoms with E-state index in [2.05, 4.69) is 0 Å². The average Bonchev–Trinajstić information content (AvgIpc) is 3.56. The maximum absolute atomic E-state index is 12.3. The summed E-state index contributed by atoms with van der Waals surface area (Å²) in [5.74, 6) is -1.67. The third-order valence-corrected chi connectivity index (χ3v) is 7.03. The van der Waals surface area contributed by atoms with Crippen LogP contribution in [0, 0.1) is 11.8 Å². The molecule has 0 amide bonds. The zero-order valence-electron chi connectivity index (χ0n) is 18.6. The summed E-state index contributed by atoms with van der Waals surface area (Å²) in [6.45, 7) is -0.776. The number of rotatable bonds is 7. The summed E-state index contributed by atoms with van der Waals surface area (Å²) in [6.07, 6.45) is -4.06. The van der Waals surface area contributed by atoms with Gasteiger partial charge in [0.05, 0.1) is 24.9 Å². The van der Waals surface area contributed by atoms with E-state index in [1.165, 1.54) is 12.3 Å². The number of esters is 1. The molecule has 5 N–H and O–H groups in total. The molecule has 11 nitrogen and oxygen atoms in total. The predicted molar refractivity (Wildman–Crippen MR) is 116 cm³/mol. The van der Waals surface area contributed by atoms with Crippen molar-refractivity contribution in [2.75, 3.05) is 13.2 Å². The van der Waals surface area contributed by atoms with Crippen molar-refractivity contribution in [2.24, 2.45) is 11.8 Å². The van der Waals surface area contributed by atoms with Crippen LogP contribution in [0.25, 0.3) is 6.08 Å². The van der Waals surface area contributed by atoms with Crippen molar-refractivity contribution in [3.63, 3.8) is 0 Å². The van der Waals surface area contributed by atoms with E-state index in [-0.39, 0.29) is 6.61 Å². The molecule has 3 fully saturated rings. The van der Waals surface area contributed by atoms with Crippen LogP contribution in [0.3, 0.4) is 0 Å². The van der Waals surface area contributed by atoms with Gasteiger partial charge in [-0.15, -0.1) is 0 Å². The third kappa shape index (κ3) is 4.39. The summed E-state index contributed by atoms with van der Waals surface area (Å²) in [5.41, 5.74) is -0.248. The zero-order valence-corrected chi connectivity index (χ0v) is 18.6. The lowest BCUT2D eigenvalue weighted by atomic mass is 9.85. The summed E-state index contributed by atoms with van der Waals surface area (Å²) in [6, 6.07) is 9.24. The summed E-state index contributed by atoms with van der Waals surface area (Å²) >= 11 is 0. The van der Waals surface area contributed by atoms with Gasteiger partial charge in [0.25, 0.3) is 0 Å². The quantitative estimate of drug-likeness (QED) is 0.174. The molecular formula is C24H28O11. The van der Waals surface area contributed by atoms with E-state index in [0.717, 1.165) is 5.56 Å². The largest absolute Gasteiger partial charge is 0.472 e. The first-order chi connectivity index (χ1) is 16.9. The molecule has 0 unspecified atom stereocenters. The van der Waals surface area contributed by atoms with Gasteiger partial charge >= 0.3 is 5.97 Å². The Labute approximate surface area is 200 Å². The fraction of sp³-hybridized carbons (Fsp3) is 0.542. The second-order valence-electron chi connectivity index (χ2n) is 9.11. The van der Waals surface area contributed by atoms with E-state index in [4.69, 9.17) is 23.7 Å². The van der Waals surface area contributed by atoms with Crippen LogP contribution >= 0.6 is 0 Å². The highest BCUT2D eigenvalue weighted by atomic mass is 16.8. The topological polar surface area (TPSA) is 168 Å². The number of benzene rings is 1. The van der Waals surface area contributed by atoms with Gasteiger partial charge in [0.2, 0.25) is 6.29 Å². The van der Waals surface area contributed by atoms with Crippen molar-refractivity contribution < 1.29 is 54.0 Å². The van der Waals surface area contributed by atoms with Crippen LogP contribution in [0.2, 0.25) is 0 Å². The number of hydrogen-bond donors (Lipinski definition) is 5. The minimum atomic E-state index is -1.63. The normalized spacial score (nSPS) is 43.9. The first-order valence-electron chi connectivity index (χ1n) is 11.4. The Bertz CT molecular complexity index is 965. The van der Waals surface area contributed by atoms with Gasteiger partial charge in [0.15, 0.2) is 6.29 Å². The minimum absolute atomic E-state index is 0.167. The Hall–Kier alpha value is -2.35. The van der Waals surface area contributed by atoms with Crippen molar-refractivity contribution in [3.8, 4) is 0 Å². The Morgan fingerprint density at radius 3 is 2.54 bits per heavy atom. The Morgan fingerprint density at radius 1 is 1.03 bits per heavy atom. The molecule has 3 aliphatic heterocycles. The number of epoxide rings is 1. The molecule has 35 heavy (non-hydrogen) atoms. The van der Waals surface area contributed by atoms with Crippen LogP contribution in [0.4, 0.5) is 0 Å². The number of carbonyl (C=O) groups excluding carboxylic acids is 1. The smallest absolute Gasteiger partial charge is 0.330 e. The number of carbonyl (C=O) groups is 1. The standard InChI is InChI=1S/C24H28O11/c25-10-14-18(28)19(29)20(30)23(33-14)34-22-16-13(8-9-31-22)17(27)21-24(16,35-21)11-32-15(26)7-6-12-4-2-1-3-5-12/h1-9,13-14,16-23,25,27-30H,10-11H2/b7-6-/t13-,14+,16+,17-,18-,19+,20-,21-,22-,23-,24+/m0/s1. The van der Waals surface area contributed by atoms with Gasteiger partial charge in [-0.05, 0) is 17.7 Å². The molecule has 1 aromatic rings. The fourth-order valence-corrected chi connectivity index (χ4v) is 5.11. The molecule has 190 valence electrons. The molecule has 1 aliphatic carbocycles. The van der Waals surface area contributed by atoms with Gasteiger partial charge in [-0.2, -0.15) is 0 Å². The molecule has 11 atom stereocenters. The van der Waals surface area contributed by atoms with Crippen molar-refractivity contribution in [3.05, 3.63) is 54.3 Å². The Kier molecular flexibility index (Phi) is 6.68. The fourth-order valence-electron chi connectivity index (χ4n) is 5.11. The van der Waals surface area contributed by atoms with Gasteiger partial charge < -0.3 is 49.2 Å². The third-order valence-electron chi connectivity index (χ3n) is 7.03. The highest BCUT2D eigenvalue weighted by Gasteiger charge is 2.76. The molecule has 0 aromatic heterocycles. The molecule has 3 heterocycles. The summed E-state index contributed by atoms with van der Waals surface area (Å²) in [7, 11) is 0. The molecule has 0 radical (unpaired) electrons. The number of aliphatic hydroxyl groups is 5. The summed E-state index contributed by atoms with van der Waals surface area (Å²) in [5, 5.41) is 50.5. The van der Waals surface area contributed by atoms with E-state index in [1.807, 2.05) is 30.3 Å². The van der Waals surface area contributed by atoms with Gasteiger partial charge in [-0.25, -0.2) is 4.79 Å². The molecular weight excluding hydrogens is 464 g/mol. The van der Waals surface area contributed by atoms with E-state index in [1.54, 1.807) is 12.2 Å². The van der Waals surface area contributed by atoms with Crippen molar-refractivity contribution in [1.82, 2.24) is 0 Å². The lowest BCUT2D eigenvalue weighted by Gasteiger charge is -2.43. The first kappa shape index (κ1) is 24.3. The summed E-state index contributed by atoms with van der Waals surface area (Å²) in [4.78, 5) is 12.3.